The number of pyridine rings is 2. The molecule has 5 heteroatoms. The van der Waals surface area contributed by atoms with Crippen LogP contribution in [0.1, 0.15) is 0 Å². The average Bonchev–Trinajstić information content (AvgIpc) is 2.25. The molecule has 0 amide bonds. The lowest BCUT2D eigenvalue weighted by atomic mass is 10.3. The van der Waals surface area contributed by atoms with Crippen LogP contribution in [0.2, 0.25) is 0 Å². The van der Waals surface area contributed by atoms with Gasteiger partial charge in [0.15, 0.2) is 24.8 Å². The first-order valence-corrected chi connectivity index (χ1v) is 4.92. The Bertz CT molecular complexity index is 397. The Balaban J connectivity index is 0.00000128. The molecule has 0 atom stereocenters. The van der Waals surface area contributed by atoms with Crippen molar-refractivity contribution >= 4 is 11.4 Å². The second-order valence-corrected chi connectivity index (χ2v) is 3.63. The predicted molar refractivity (Wildman–Crippen MR) is 58.5 cm³/mol. The van der Waals surface area contributed by atoms with E-state index in [0.29, 0.717) is 0 Å². The van der Waals surface area contributed by atoms with E-state index in [1.165, 1.54) is 0 Å². The maximum Gasteiger partial charge on any atom is 0.170 e. The zero-order chi connectivity index (χ0) is 10.7. The van der Waals surface area contributed by atoms with E-state index in [1.54, 1.807) is 0 Å². The van der Waals surface area contributed by atoms with Gasteiger partial charge in [-0.3, -0.25) is 0 Å². The Morgan fingerprint density at radius 3 is 1.29 bits per heavy atom. The first-order valence-electron chi connectivity index (χ1n) is 4.92. The summed E-state index contributed by atoms with van der Waals surface area (Å²) in [7, 11) is 4.01. The smallest absolute Gasteiger partial charge is 0.170 e. The second-order valence-electron chi connectivity index (χ2n) is 3.63. The van der Waals surface area contributed by atoms with Crippen molar-refractivity contribution in [1.29, 1.82) is 0 Å². The summed E-state index contributed by atoms with van der Waals surface area (Å²) in [6.45, 7) is 0. The van der Waals surface area contributed by atoms with E-state index in [2.05, 4.69) is 5.32 Å². The first kappa shape index (κ1) is 15.7. The molecule has 0 radical (unpaired) electrons. The van der Waals surface area contributed by atoms with Gasteiger partial charge >= 0.3 is 0 Å². The van der Waals surface area contributed by atoms with Gasteiger partial charge in [0.05, 0.1) is 11.4 Å². The van der Waals surface area contributed by atoms with E-state index >= 15 is 0 Å². The molecule has 0 saturated carbocycles. The number of hydrogen-bond donors (Lipinski definition) is 1. The van der Waals surface area contributed by atoms with Crippen molar-refractivity contribution in [2.75, 3.05) is 5.32 Å². The van der Waals surface area contributed by atoms with Gasteiger partial charge in [-0.25, -0.2) is 9.13 Å². The minimum absolute atomic E-state index is 0. The molecular formula is C12H15Cl2N3. The molecule has 0 aliphatic rings. The summed E-state index contributed by atoms with van der Waals surface area (Å²) in [5, 5.41) is 3.33. The van der Waals surface area contributed by atoms with E-state index in [-0.39, 0.29) is 24.8 Å². The molecule has 2 heterocycles. The van der Waals surface area contributed by atoms with Crippen molar-refractivity contribution in [1.82, 2.24) is 0 Å². The first-order chi connectivity index (χ1) is 7.24. The molecule has 0 aliphatic heterocycles. The predicted octanol–water partition coefficient (Wildman–Crippen LogP) is -4.91. The van der Waals surface area contributed by atoms with E-state index in [0.717, 1.165) is 11.4 Å². The molecular weight excluding hydrogens is 257 g/mol. The van der Waals surface area contributed by atoms with Gasteiger partial charge in [0, 0.05) is 24.3 Å². The topological polar surface area (TPSA) is 19.8 Å². The van der Waals surface area contributed by atoms with Gasteiger partial charge in [-0.15, -0.1) is 0 Å². The normalized spacial score (nSPS) is 8.82. The number of nitrogens with one attached hydrogen (secondary N) is 1. The Morgan fingerprint density at radius 1 is 0.706 bits per heavy atom. The molecule has 0 bridgehead atoms. The molecule has 0 saturated heterocycles. The summed E-state index contributed by atoms with van der Waals surface area (Å²) in [5.74, 6) is 0. The monoisotopic (exact) mass is 271 g/mol. The van der Waals surface area contributed by atoms with E-state index in [9.17, 15) is 0 Å². The number of hydrogen-bond acceptors (Lipinski definition) is 1. The van der Waals surface area contributed by atoms with Crippen LogP contribution in [-0.4, -0.2) is 0 Å². The van der Waals surface area contributed by atoms with Crippen LogP contribution in [0.15, 0.2) is 49.1 Å². The van der Waals surface area contributed by atoms with E-state index in [1.807, 2.05) is 72.3 Å². The van der Waals surface area contributed by atoms with Crippen molar-refractivity contribution in [2.45, 2.75) is 0 Å². The Hall–Kier alpha value is -1.32. The average molecular weight is 272 g/mol. The highest BCUT2D eigenvalue weighted by atomic mass is 35.5. The van der Waals surface area contributed by atoms with Crippen LogP contribution in [0.3, 0.4) is 0 Å². The zero-order valence-electron chi connectivity index (χ0n) is 9.77. The largest absolute Gasteiger partial charge is 1.00 e. The van der Waals surface area contributed by atoms with Gasteiger partial charge in [-0.2, -0.15) is 0 Å². The Morgan fingerprint density at radius 2 is 1.00 bits per heavy atom. The fourth-order valence-corrected chi connectivity index (χ4v) is 1.34. The summed E-state index contributed by atoms with van der Waals surface area (Å²) >= 11 is 0. The Kier molecular flexibility index (Phi) is 6.54. The van der Waals surface area contributed by atoms with Crippen molar-refractivity contribution < 1.29 is 33.9 Å². The van der Waals surface area contributed by atoms with Crippen molar-refractivity contribution in [3.05, 3.63) is 49.1 Å². The highest BCUT2D eigenvalue weighted by molar-refractivity contribution is 5.57. The number of nitrogens with zero attached hydrogens (tertiary/aromatic N) is 2. The highest BCUT2D eigenvalue weighted by Gasteiger charge is 1.98. The van der Waals surface area contributed by atoms with E-state index < -0.39 is 0 Å². The van der Waals surface area contributed by atoms with Crippen LogP contribution in [-0.2, 0) is 14.1 Å². The third kappa shape index (κ3) is 4.59. The fourth-order valence-electron chi connectivity index (χ4n) is 1.34. The zero-order valence-corrected chi connectivity index (χ0v) is 11.3. The molecule has 1 N–H and O–H groups in total. The number of aryl methyl sites for hydroxylation is 2. The molecule has 92 valence electrons. The van der Waals surface area contributed by atoms with Gasteiger partial charge in [-0.1, -0.05) is 0 Å². The summed E-state index contributed by atoms with van der Waals surface area (Å²) in [6, 6.07) is 8.19. The Labute approximate surface area is 114 Å². The van der Waals surface area contributed by atoms with Gasteiger partial charge in [0.2, 0.25) is 0 Å². The van der Waals surface area contributed by atoms with Gasteiger partial charge in [-0.05, 0) is 0 Å². The quantitative estimate of drug-likeness (QED) is 0.543. The van der Waals surface area contributed by atoms with Gasteiger partial charge in [0.25, 0.3) is 0 Å². The van der Waals surface area contributed by atoms with Crippen LogP contribution in [0.4, 0.5) is 11.4 Å². The third-order valence-corrected chi connectivity index (χ3v) is 2.25. The molecule has 0 aromatic carbocycles. The molecule has 0 unspecified atom stereocenters. The lowest BCUT2D eigenvalue weighted by Gasteiger charge is -2.03. The van der Waals surface area contributed by atoms with Gasteiger partial charge in [0.1, 0.15) is 14.1 Å². The van der Waals surface area contributed by atoms with Crippen molar-refractivity contribution in [2.24, 2.45) is 14.1 Å². The maximum absolute atomic E-state index is 3.33. The summed E-state index contributed by atoms with van der Waals surface area (Å²) in [4.78, 5) is 0. The molecule has 2 aromatic heterocycles. The van der Waals surface area contributed by atoms with Gasteiger partial charge < -0.3 is 30.1 Å². The number of rotatable bonds is 2. The molecule has 0 fully saturated rings. The number of halogens is 2. The SMILES string of the molecule is C[n+]1ccc(Nc2cc[n+](C)cc2)cc1.[Cl-].[Cl-]. The standard InChI is InChI=1S/C12H14N3.2ClH/c1-14-7-3-11(4-8-14)13-12-5-9-15(2)10-6-12;;/h3-10H,1-2H3;2*1H/q+1;;/p-1. The fraction of sp³-hybridized carbons (Fsp3) is 0.167. The molecule has 2 rings (SSSR count). The minimum Gasteiger partial charge on any atom is -1.00 e. The van der Waals surface area contributed by atoms with Crippen molar-refractivity contribution in [3.63, 3.8) is 0 Å². The second kappa shape index (κ2) is 7.09. The number of anilines is 2. The lowest BCUT2D eigenvalue weighted by molar-refractivity contribution is -0.671. The van der Waals surface area contributed by atoms with Crippen LogP contribution >= 0.6 is 0 Å². The van der Waals surface area contributed by atoms with Crippen molar-refractivity contribution in [3.8, 4) is 0 Å². The summed E-state index contributed by atoms with van der Waals surface area (Å²) in [6.07, 6.45) is 8.08. The van der Waals surface area contributed by atoms with E-state index in [4.69, 9.17) is 0 Å². The minimum atomic E-state index is 0. The molecule has 3 nitrogen and oxygen atoms in total. The van der Waals surface area contributed by atoms with Crippen LogP contribution < -0.4 is 39.3 Å². The summed E-state index contributed by atoms with van der Waals surface area (Å²) < 4.78 is 4.02. The summed E-state index contributed by atoms with van der Waals surface area (Å²) in [5.41, 5.74) is 2.20. The van der Waals surface area contributed by atoms with Crippen LogP contribution in [0, 0.1) is 0 Å². The molecule has 0 spiro atoms. The molecule has 0 aliphatic carbocycles. The third-order valence-electron chi connectivity index (χ3n) is 2.25. The molecule has 2 aromatic rings. The number of aromatic nitrogens is 2. The lowest BCUT2D eigenvalue weighted by Crippen LogP contribution is -3.00. The van der Waals surface area contributed by atoms with Crippen LogP contribution in [0.5, 0.6) is 0 Å². The maximum atomic E-state index is 3.33. The van der Waals surface area contributed by atoms with Crippen LogP contribution in [0.25, 0.3) is 0 Å². The molecule has 17 heavy (non-hydrogen) atoms. The highest BCUT2D eigenvalue weighted by Crippen LogP contribution is 2.12.